The van der Waals surface area contributed by atoms with E-state index in [0.717, 1.165) is 6.92 Å². The van der Waals surface area contributed by atoms with Crippen molar-refractivity contribution in [3.8, 4) is 12.3 Å². The van der Waals surface area contributed by atoms with Crippen molar-refractivity contribution >= 4 is 0 Å². The number of rotatable bonds is 1. The molecule has 0 fully saturated rings. The number of hydrogen-bond donors (Lipinski definition) is 0. The van der Waals surface area contributed by atoms with Gasteiger partial charge in [0.05, 0.1) is 5.92 Å². The number of hydrogen-bond acceptors (Lipinski definition) is 0. The molecule has 0 saturated heterocycles. The fourth-order valence-corrected chi connectivity index (χ4v) is 0.146. The highest BCUT2D eigenvalue weighted by Gasteiger charge is 2.27. The van der Waals surface area contributed by atoms with Crippen LogP contribution in [0.1, 0.15) is 13.8 Å². The molecule has 0 aliphatic heterocycles. The fraction of sp³-hybridized carbons (Fsp3) is 0.667. The second-order valence-corrected chi connectivity index (χ2v) is 1.84. The summed E-state index contributed by atoms with van der Waals surface area (Å²) in [5.74, 6) is -1.73. The van der Waals surface area contributed by atoms with Crippen LogP contribution in [0.25, 0.3) is 0 Å². The highest BCUT2D eigenvalue weighted by molar-refractivity contribution is 4.95. The van der Waals surface area contributed by atoms with Crippen molar-refractivity contribution in [2.75, 3.05) is 0 Å². The Labute approximate surface area is 47.9 Å². The highest BCUT2D eigenvalue weighted by atomic mass is 19.3. The lowest BCUT2D eigenvalue weighted by molar-refractivity contribution is -0.0107. The molecule has 1 atom stereocenters. The molecular formula is C6H8F2. The summed E-state index contributed by atoms with van der Waals surface area (Å²) < 4.78 is 23.9. The molecule has 0 aromatic carbocycles. The SMILES string of the molecule is C#CC(C)C(C)(F)F. The number of terminal acetylenes is 1. The zero-order chi connectivity index (χ0) is 6.78. The van der Waals surface area contributed by atoms with Gasteiger partial charge in [-0.25, -0.2) is 8.78 Å². The molecular weight excluding hydrogens is 110 g/mol. The van der Waals surface area contributed by atoms with Gasteiger partial charge in [0.15, 0.2) is 0 Å². The third kappa shape index (κ3) is 1.92. The summed E-state index contributed by atoms with van der Waals surface area (Å²) in [7, 11) is 0. The smallest absolute Gasteiger partial charge is 0.206 e. The number of alkyl halides is 2. The van der Waals surface area contributed by atoms with E-state index in [-0.39, 0.29) is 0 Å². The molecule has 0 radical (unpaired) electrons. The van der Waals surface area contributed by atoms with E-state index in [1.54, 1.807) is 0 Å². The van der Waals surface area contributed by atoms with Gasteiger partial charge in [-0.15, -0.1) is 6.42 Å². The van der Waals surface area contributed by atoms with Crippen molar-refractivity contribution in [3.05, 3.63) is 0 Å². The Morgan fingerprint density at radius 3 is 2.00 bits per heavy atom. The summed E-state index contributed by atoms with van der Waals surface area (Å²) in [5.41, 5.74) is 0. The largest absolute Gasteiger partial charge is 0.258 e. The van der Waals surface area contributed by atoms with Crippen LogP contribution in [-0.2, 0) is 0 Å². The zero-order valence-electron chi connectivity index (χ0n) is 4.91. The van der Waals surface area contributed by atoms with Crippen molar-refractivity contribution in [2.24, 2.45) is 5.92 Å². The summed E-state index contributed by atoms with van der Waals surface area (Å²) in [6.45, 7) is 2.14. The predicted molar refractivity (Wildman–Crippen MR) is 28.6 cm³/mol. The number of halogens is 2. The normalized spacial score (nSPS) is 14.9. The van der Waals surface area contributed by atoms with Crippen molar-refractivity contribution < 1.29 is 8.78 Å². The molecule has 46 valence electrons. The molecule has 2 heteroatoms. The summed E-state index contributed by atoms with van der Waals surface area (Å²) in [6.07, 6.45) is 4.73. The van der Waals surface area contributed by atoms with Gasteiger partial charge in [-0.05, 0) is 6.92 Å². The Balaban J connectivity index is 3.87. The predicted octanol–water partition coefficient (Wildman–Crippen LogP) is 1.91. The molecule has 0 aromatic rings. The molecule has 8 heavy (non-hydrogen) atoms. The van der Waals surface area contributed by atoms with E-state index in [0.29, 0.717) is 0 Å². The first-order valence-electron chi connectivity index (χ1n) is 2.32. The molecule has 0 amide bonds. The van der Waals surface area contributed by atoms with Crippen LogP contribution in [0.4, 0.5) is 8.78 Å². The van der Waals surface area contributed by atoms with Crippen LogP contribution >= 0.6 is 0 Å². The molecule has 0 nitrogen and oxygen atoms in total. The van der Waals surface area contributed by atoms with Crippen LogP contribution in [0, 0.1) is 18.3 Å². The lowest BCUT2D eigenvalue weighted by Gasteiger charge is -2.11. The molecule has 1 unspecified atom stereocenters. The van der Waals surface area contributed by atoms with Gasteiger partial charge < -0.3 is 0 Å². The molecule has 0 aliphatic rings. The lowest BCUT2D eigenvalue weighted by Crippen LogP contribution is -2.19. The minimum absolute atomic E-state index is 0.817. The zero-order valence-corrected chi connectivity index (χ0v) is 4.91. The van der Waals surface area contributed by atoms with Gasteiger partial charge >= 0.3 is 0 Å². The molecule has 0 aromatic heterocycles. The average Bonchev–Trinajstić information content (AvgIpc) is 1.62. The lowest BCUT2D eigenvalue weighted by atomic mass is 10.1. The van der Waals surface area contributed by atoms with Crippen LogP contribution in [0.15, 0.2) is 0 Å². The van der Waals surface area contributed by atoms with E-state index < -0.39 is 11.8 Å². The Bertz CT molecular complexity index is 105. The van der Waals surface area contributed by atoms with Crippen molar-refractivity contribution in [3.63, 3.8) is 0 Å². The second kappa shape index (κ2) is 2.13. The van der Waals surface area contributed by atoms with E-state index in [2.05, 4.69) is 0 Å². The van der Waals surface area contributed by atoms with Crippen molar-refractivity contribution in [1.29, 1.82) is 0 Å². The summed E-state index contributed by atoms with van der Waals surface area (Å²) >= 11 is 0. The third-order valence-corrected chi connectivity index (χ3v) is 1.01. The van der Waals surface area contributed by atoms with E-state index in [1.165, 1.54) is 6.92 Å². The van der Waals surface area contributed by atoms with E-state index in [1.807, 2.05) is 5.92 Å². The van der Waals surface area contributed by atoms with Crippen LogP contribution < -0.4 is 0 Å². The van der Waals surface area contributed by atoms with Gasteiger partial charge in [0.25, 0.3) is 5.92 Å². The first-order chi connectivity index (χ1) is 3.48. The van der Waals surface area contributed by atoms with E-state index in [4.69, 9.17) is 6.42 Å². The molecule has 0 N–H and O–H groups in total. The van der Waals surface area contributed by atoms with Gasteiger partial charge in [0.2, 0.25) is 0 Å². The first kappa shape index (κ1) is 7.42. The maximum atomic E-state index is 12.0. The summed E-state index contributed by atoms with van der Waals surface area (Å²) in [6, 6.07) is 0. The Morgan fingerprint density at radius 2 is 2.00 bits per heavy atom. The maximum absolute atomic E-state index is 12.0. The molecule has 0 spiro atoms. The topological polar surface area (TPSA) is 0 Å². The van der Waals surface area contributed by atoms with Crippen LogP contribution in [0.2, 0.25) is 0 Å². The molecule has 0 saturated carbocycles. The van der Waals surface area contributed by atoms with Gasteiger partial charge in [0, 0.05) is 6.92 Å². The summed E-state index contributed by atoms with van der Waals surface area (Å²) in [5, 5.41) is 0. The van der Waals surface area contributed by atoms with Crippen LogP contribution in [0.3, 0.4) is 0 Å². The monoisotopic (exact) mass is 118 g/mol. The van der Waals surface area contributed by atoms with Crippen molar-refractivity contribution in [1.82, 2.24) is 0 Å². The van der Waals surface area contributed by atoms with E-state index in [9.17, 15) is 8.78 Å². The molecule has 0 aliphatic carbocycles. The van der Waals surface area contributed by atoms with E-state index >= 15 is 0 Å². The van der Waals surface area contributed by atoms with Gasteiger partial charge in [-0.3, -0.25) is 0 Å². The average molecular weight is 118 g/mol. The van der Waals surface area contributed by atoms with Gasteiger partial charge in [-0.1, -0.05) is 5.92 Å². The highest BCUT2D eigenvalue weighted by Crippen LogP contribution is 2.21. The standard InChI is InChI=1S/C6H8F2/c1-4-5(2)6(3,7)8/h1,5H,2-3H3. The van der Waals surface area contributed by atoms with Gasteiger partial charge in [-0.2, -0.15) is 0 Å². The Morgan fingerprint density at radius 1 is 1.62 bits per heavy atom. The summed E-state index contributed by atoms with van der Waals surface area (Å²) in [4.78, 5) is 0. The minimum Gasteiger partial charge on any atom is -0.206 e. The Kier molecular flexibility index (Phi) is 1.97. The first-order valence-corrected chi connectivity index (χ1v) is 2.32. The maximum Gasteiger partial charge on any atom is 0.258 e. The minimum atomic E-state index is -2.73. The molecule has 0 bridgehead atoms. The third-order valence-electron chi connectivity index (χ3n) is 1.01. The molecule has 0 rings (SSSR count). The van der Waals surface area contributed by atoms with Crippen LogP contribution in [0.5, 0.6) is 0 Å². The molecule has 0 heterocycles. The van der Waals surface area contributed by atoms with Crippen molar-refractivity contribution in [2.45, 2.75) is 19.8 Å². The fourth-order valence-electron chi connectivity index (χ4n) is 0.146. The quantitative estimate of drug-likeness (QED) is 0.461. The Hall–Kier alpha value is -0.580. The van der Waals surface area contributed by atoms with Gasteiger partial charge in [0.1, 0.15) is 0 Å². The van der Waals surface area contributed by atoms with Crippen LogP contribution in [-0.4, -0.2) is 5.92 Å². The second-order valence-electron chi connectivity index (χ2n) is 1.84.